The number of carbonyl (C=O) groups is 2. The summed E-state index contributed by atoms with van der Waals surface area (Å²) < 4.78 is 0. The number of nitrogens with one attached hydrogen (secondary N) is 1. The zero-order valence-corrected chi connectivity index (χ0v) is 18.9. The van der Waals surface area contributed by atoms with Crippen molar-refractivity contribution in [2.24, 2.45) is 21.9 Å². The van der Waals surface area contributed by atoms with Gasteiger partial charge in [-0.2, -0.15) is 0 Å². The number of carbonyl (C=O) groups excluding carboxylic acids is 2. The summed E-state index contributed by atoms with van der Waals surface area (Å²) >= 11 is 0. The molecule has 0 unspecified atom stereocenters. The molecule has 9 nitrogen and oxygen atoms in total. The summed E-state index contributed by atoms with van der Waals surface area (Å²) in [6.45, 7) is 0.302. The summed E-state index contributed by atoms with van der Waals surface area (Å²) in [5.41, 5.74) is 10.1. The molecule has 0 radical (unpaired) electrons. The predicted octanol–water partition coefficient (Wildman–Crippen LogP) is 0.913. The fraction of sp³-hybridized carbons (Fsp3) is 0.435. The molecule has 0 bridgehead atoms. The van der Waals surface area contributed by atoms with Gasteiger partial charge in [-0.15, -0.1) is 0 Å². The van der Waals surface area contributed by atoms with E-state index in [4.69, 9.17) is 11.5 Å². The Hall–Kier alpha value is -3.11. The molecule has 2 aromatic carbocycles. The first-order valence-corrected chi connectivity index (χ1v) is 11.2. The highest BCUT2D eigenvalue weighted by Crippen LogP contribution is 2.41. The van der Waals surface area contributed by atoms with E-state index in [1.54, 1.807) is 7.05 Å². The summed E-state index contributed by atoms with van der Waals surface area (Å²) in [4.78, 5) is 32.4. The van der Waals surface area contributed by atoms with Crippen molar-refractivity contribution in [3.8, 4) is 0 Å². The molecule has 0 aliphatic heterocycles. The summed E-state index contributed by atoms with van der Waals surface area (Å²) in [5.74, 6) is -1.74. The molecule has 0 heterocycles. The number of guanidine groups is 1. The zero-order valence-electron chi connectivity index (χ0n) is 18.9. The molecular formula is C23H32BN5O4. The van der Waals surface area contributed by atoms with Crippen molar-refractivity contribution >= 4 is 41.4 Å². The smallest absolute Gasteiger partial charge is 0.426 e. The molecule has 176 valence electrons. The lowest BCUT2D eigenvalue weighted by Gasteiger charge is -2.33. The van der Waals surface area contributed by atoms with E-state index in [9.17, 15) is 19.6 Å². The van der Waals surface area contributed by atoms with Crippen LogP contribution in [0.25, 0.3) is 10.8 Å². The van der Waals surface area contributed by atoms with Gasteiger partial charge in [0.15, 0.2) is 5.96 Å². The van der Waals surface area contributed by atoms with Crippen LogP contribution >= 0.6 is 0 Å². The molecule has 1 saturated carbocycles. The molecule has 2 aromatic rings. The van der Waals surface area contributed by atoms with Gasteiger partial charge in [0.25, 0.3) is 0 Å². The molecule has 1 fully saturated rings. The predicted molar refractivity (Wildman–Crippen MR) is 130 cm³/mol. The molecule has 33 heavy (non-hydrogen) atoms. The molecule has 7 N–H and O–H groups in total. The third kappa shape index (κ3) is 5.64. The number of rotatable bonds is 9. The minimum Gasteiger partial charge on any atom is -0.426 e. The van der Waals surface area contributed by atoms with Crippen molar-refractivity contribution in [3.63, 3.8) is 0 Å². The van der Waals surface area contributed by atoms with Gasteiger partial charge in [-0.3, -0.25) is 14.6 Å². The fourth-order valence-electron chi connectivity index (χ4n) is 4.46. The van der Waals surface area contributed by atoms with E-state index in [1.807, 2.05) is 42.5 Å². The monoisotopic (exact) mass is 453 g/mol. The molecule has 10 heteroatoms. The van der Waals surface area contributed by atoms with Gasteiger partial charge in [-0.1, -0.05) is 43.2 Å². The maximum absolute atomic E-state index is 13.6. The average Bonchev–Trinajstić information content (AvgIpc) is 3.30. The van der Waals surface area contributed by atoms with Crippen LogP contribution in [0, 0.1) is 5.41 Å². The van der Waals surface area contributed by atoms with E-state index in [1.165, 1.54) is 4.90 Å². The maximum Gasteiger partial charge on any atom is 0.475 e. The minimum absolute atomic E-state index is 0.0487. The van der Waals surface area contributed by atoms with Gasteiger partial charge in [-0.25, -0.2) is 0 Å². The molecule has 0 saturated heterocycles. The van der Waals surface area contributed by atoms with Crippen LogP contribution in [0.2, 0.25) is 0 Å². The highest BCUT2D eigenvalue weighted by Gasteiger charge is 2.50. The van der Waals surface area contributed by atoms with Crippen LogP contribution in [0.5, 0.6) is 0 Å². The van der Waals surface area contributed by atoms with Crippen molar-refractivity contribution in [2.75, 3.05) is 18.5 Å². The van der Waals surface area contributed by atoms with Crippen molar-refractivity contribution in [2.45, 2.75) is 44.5 Å². The number of fused-ring (bicyclic) bond motifs is 1. The standard InChI is InChI=1S/C23H32BN5O4/c1-29(18-11-10-16-7-2-3-8-17(16)15-18)21(31)23(12-4-5-13-23)20(30)28-19(24(32)33)9-6-14-27-22(25)26/h2-3,7-8,10-11,15,19,32-33H,4-6,9,12-14H2,1H3,(H,28,30)(H4,25,26,27)/t19-/m0/s1. The molecular weight excluding hydrogens is 421 g/mol. The second-order valence-corrected chi connectivity index (χ2v) is 8.63. The molecule has 0 spiro atoms. The lowest BCUT2D eigenvalue weighted by Crippen LogP contribution is -2.56. The Kier molecular flexibility index (Phi) is 7.94. The second kappa shape index (κ2) is 10.7. The molecule has 2 amide bonds. The molecule has 0 aromatic heterocycles. The normalized spacial score (nSPS) is 15.6. The van der Waals surface area contributed by atoms with Crippen molar-refractivity contribution in [3.05, 3.63) is 42.5 Å². The van der Waals surface area contributed by atoms with Crippen molar-refractivity contribution < 1.29 is 19.6 Å². The van der Waals surface area contributed by atoms with Crippen LogP contribution in [0.3, 0.4) is 0 Å². The quantitative estimate of drug-likeness (QED) is 0.125. The maximum atomic E-state index is 13.6. The first kappa shape index (κ1) is 24.5. The first-order valence-electron chi connectivity index (χ1n) is 11.2. The van der Waals surface area contributed by atoms with Crippen molar-refractivity contribution in [1.29, 1.82) is 0 Å². The number of nitrogens with two attached hydrogens (primary N) is 2. The van der Waals surface area contributed by atoms with Crippen LogP contribution in [0.4, 0.5) is 5.69 Å². The van der Waals surface area contributed by atoms with Gasteiger partial charge < -0.3 is 31.7 Å². The van der Waals surface area contributed by atoms with Crippen LogP contribution in [0.15, 0.2) is 47.5 Å². The number of nitrogens with zero attached hydrogens (tertiary/aromatic N) is 2. The van der Waals surface area contributed by atoms with E-state index in [2.05, 4.69) is 10.3 Å². The summed E-state index contributed by atoms with van der Waals surface area (Å²) in [6, 6.07) is 13.6. The Bertz CT molecular complexity index is 1020. The van der Waals surface area contributed by atoms with Crippen molar-refractivity contribution in [1.82, 2.24) is 5.32 Å². The second-order valence-electron chi connectivity index (χ2n) is 8.63. The lowest BCUT2D eigenvalue weighted by molar-refractivity contribution is -0.141. The first-order chi connectivity index (χ1) is 15.7. The number of hydrogen-bond donors (Lipinski definition) is 5. The Morgan fingerprint density at radius 3 is 2.45 bits per heavy atom. The van der Waals surface area contributed by atoms with Gasteiger partial charge in [0.1, 0.15) is 5.41 Å². The van der Waals surface area contributed by atoms with Gasteiger partial charge >= 0.3 is 7.12 Å². The minimum atomic E-state index is -1.76. The number of hydrogen-bond acceptors (Lipinski definition) is 5. The molecule has 1 aliphatic rings. The topological polar surface area (TPSA) is 154 Å². The summed E-state index contributed by atoms with van der Waals surface area (Å²) in [5, 5.41) is 24.3. The summed E-state index contributed by atoms with van der Waals surface area (Å²) in [6.07, 6.45) is 3.03. The van der Waals surface area contributed by atoms with E-state index >= 15 is 0 Å². The number of anilines is 1. The largest absolute Gasteiger partial charge is 0.475 e. The lowest BCUT2D eigenvalue weighted by atomic mass is 9.75. The number of aliphatic imine (C=N–C) groups is 1. The number of amides is 2. The molecule has 3 rings (SSSR count). The van der Waals surface area contributed by atoms with Crippen LogP contribution in [-0.2, 0) is 9.59 Å². The average molecular weight is 453 g/mol. The van der Waals surface area contributed by atoms with Gasteiger partial charge in [-0.05, 0) is 48.6 Å². The Balaban J connectivity index is 1.77. The highest BCUT2D eigenvalue weighted by atomic mass is 16.4. The molecule has 1 aliphatic carbocycles. The van der Waals surface area contributed by atoms with E-state index in [-0.39, 0.29) is 18.3 Å². The van der Waals surface area contributed by atoms with Crippen LogP contribution < -0.4 is 21.7 Å². The Labute approximate surface area is 194 Å². The van der Waals surface area contributed by atoms with E-state index in [0.717, 1.165) is 23.6 Å². The Morgan fingerprint density at radius 2 is 1.82 bits per heavy atom. The zero-order chi connectivity index (χ0) is 24.0. The van der Waals surface area contributed by atoms with E-state index in [0.29, 0.717) is 31.5 Å². The third-order valence-corrected chi connectivity index (χ3v) is 6.37. The summed E-state index contributed by atoms with van der Waals surface area (Å²) in [7, 11) is -0.0900. The van der Waals surface area contributed by atoms with Gasteiger partial charge in [0.05, 0.1) is 5.94 Å². The number of benzene rings is 2. The SMILES string of the molecule is CN(C(=O)C1(C(=O)N[C@@H](CCCN=C(N)N)B(O)O)CCCC1)c1ccc2ccccc2c1. The van der Waals surface area contributed by atoms with Gasteiger partial charge in [0.2, 0.25) is 11.8 Å². The fourth-order valence-corrected chi connectivity index (χ4v) is 4.46. The van der Waals surface area contributed by atoms with E-state index < -0.39 is 24.4 Å². The Morgan fingerprint density at radius 1 is 1.15 bits per heavy atom. The highest BCUT2D eigenvalue weighted by molar-refractivity contribution is 6.43. The van der Waals surface area contributed by atoms with Crippen LogP contribution in [0.1, 0.15) is 38.5 Å². The van der Waals surface area contributed by atoms with Gasteiger partial charge in [0, 0.05) is 19.3 Å². The third-order valence-electron chi connectivity index (χ3n) is 6.37. The molecule has 1 atom stereocenters. The van der Waals surface area contributed by atoms with Crippen LogP contribution in [-0.4, -0.2) is 54.5 Å².